The van der Waals surface area contributed by atoms with Gasteiger partial charge in [-0.1, -0.05) is 24.3 Å². The molecule has 7 heteroatoms. The molecule has 1 saturated carbocycles. The predicted molar refractivity (Wildman–Crippen MR) is 104 cm³/mol. The number of hydrogen-bond donors (Lipinski definition) is 1. The molecular formula is C20H24N6O. The van der Waals surface area contributed by atoms with Crippen molar-refractivity contribution >= 4 is 16.6 Å². The normalized spacial score (nSPS) is 17.6. The van der Waals surface area contributed by atoms with E-state index in [2.05, 4.69) is 36.7 Å². The Kier molecular flexibility index (Phi) is 4.45. The van der Waals surface area contributed by atoms with E-state index in [-0.39, 0.29) is 0 Å². The topological polar surface area (TPSA) is 80.0 Å². The first-order chi connectivity index (χ1) is 13.4. The molecule has 0 atom stereocenters. The fraction of sp³-hybridized carbons (Fsp3) is 0.500. The Morgan fingerprint density at radius 2 is 1.81 bits per heavy atom. The summed E-state index contributed by atoms with van der Waals surface area (Å²) in [5.41, 5.74) is 0.660. The summed E-state index contributed by atoms with van der Waals surface area (Å²) >= 11 is 0. The van der Waals surface area contributed by atoms with Gasteiger partial charge in [-0.2, -0.15) is 0 Å². The maximum absolute atomic E-state index is 5.85. The van der Waals surface area contributed by atoms with Gasteiger partial charge in [0.25, 0.3) is 5.89 Å². The lowest BCUT2D eigenvalue weighted by atomic mass is 10.1. The van der Waals surface area contributed by atoms with E-state index in [0.29, 0.717) is 17.5 Å². The van der Waals surface area contributed by atoms with E-state index in [1.807, 2.05) is 18.2 Å². The van der Waals surface area contributed by atoms with Gasteiger partial charge in [-0.25, -0.2) is 0 Å². The molecule has 5 rings (SSSR count). The van der Waals surface area contributed by atoms with Gasteiger partial charge in [-0.3, -0.25) is 0 Å². The predicted octanol–water partition coefficient (Wildman–Crippen LogP) is 3.46. The molecule has 0 radical (unpaired) electrons. The number of rotatable bonds is 7. The molecule has 3 aromatic rings. The second-order valence-electron chi connectivity index (χ2n) is 7.49. The van der Waals surface area contributed by atoms with E-state index in [9.17, 15) is 0 Å². The first-order valence-corrected chi connectivity index (χ1v) is 9.94. The maximum atomic E-state index is 5.85. The summed E-state index contributed by atoms with van der Waals surface area (Å²) < 4.78 is 5.85. The third-order valence-electron chi connectivity index (χ3n) is 5.40. The Morgan fingerprint density at radius 3 is 2.63 bits per heavy atom. The Labute approximate surface area is 158 Å². The van der Waals surface area contributed by atoms with Crippen LogP contribution in [0.1, 0.15) is 43.9 Å². The second kappa shape index (κ2) is 7.23. The lowest BCUT2D eigenvalue weighted by Gasteiger charge is -2.15. The largest absolute Gasteiger partial charge is 0.419 e. The Balaban J connectivity index is 1.34. The zero-order chi connectivity index (χ0) is 18.1. The SMILES string of the molecule is c1ccc2c(-c3nnc(C4CC4)o3)nnc(NCCCN3CCCC3)c2c1. The minimum Gasteiger partial charge on any atom is -0.419 e. The molecule has 1 aliphatic heterocycles. The monoisotopic (exact) mass is 364 g/mol. The van der Waals surface area contributed by atoms with Crippen LogP contribution in [0.4, 0.5) is 5.82 Å². The fourth-order valence-corrected chi connectivity index (χ4v) is 3.73. The van der Waals surface area contributed by atoms with Crippen LogP contribution in [0, 0.1) is 0 Å². The maximum Gasteiger partial charge on any atom is 0.268 e. The van der Waals surface area contributed by atoms with E-state index < -0.39 is 0 Å². The van der Waals surface area contributed by atoms with Crippen LogP contribution in [0.15, 0.2) is 28.7 Å². The number of aromatic nitrogens is 4. The summed E-state index contributed by atoms with van der Waals surface area (Å²) in [6.45, 7) is 4.51. The van der Waals surface area contributed by atoms with Gasteiger partial charge in [-0.05, 0) is 51.7 Å². The van der Waals surface area contributed by atoms with E-state index >= 15 is 0 Å². The average Bonchev–Trinajstić information content (AvgIpc) is 3.21. The number of anilines is 1. The standard InChI is InChI=1S/C20H24N6O/c1-2-7-16-15(6-1)17(20-25-24-19(27-20)14-8-9-14)22-23-18(16)21-10-5-13-26-11-3-4-12-26/h1-2,6-7,14H,3-5,8-13H2,(H,21,23). The highest BCUT2D eigenvalue weighted by molar-refractivity contribution is 5.98. The van der Waals surface area contributed by atoms with Crippen molar-refractivity contribution in [3.63, 3.8) is 0 Å². The van der Waals surface area contributed by atoms with E-state index in [1.165, 1.54) is 25.9 Å². The number of hydrogen-bond acceptors (Lipinski definition) is 7. The smallest absolute Gasteiger partial charge is 0.268 e. The van der Waals surface area contributed by atoms with Crippen LogP contribution >= 0.6 is 0 Å². The van der Waals surface area contributed by atoms with Gasteiger partial charge in [0.1, 0.15) is 0 Å². The zero-order valence-corrected chi connectivity index (χ0v) is 15.4. The highest BCUT2D eigenvalue weighted by Crippen LogP contribution is 2.40. The number of fused-ring (bicyclic) bond motifs is 1. The van der Waals surface area contributed by atoms with Gasteiger partial charge in [0, 0.05) is 23.2 Å². The van der Waals surface area contributed by atoms with Crippen molar-refractivity contribution < 1.29 is 4.42 Å². The third kappa shape index (κ3) is 3.51. The molecule has 27 heavy (non-hydrogen) atoms. The number of benzene rings is 1. The molecule has 2 fully saturated rings. The molecule has 1 aliphatic carbocycles. The summed E-state index contributed by atoms with van der Waals surface area (Å²) in [5, 5.41) is 22.7. The van der Waals surface area contributed by atoms with Crippen molar-refractivity contribution in [1.82, 2.24) is 25.3 Å². The van der Waals surface area contributed by atoms with Crippen molar-refractivity contribution in [2.75, 3.05) is 31.5 Å². The summed E-state index contributed by atoms with van der Waals surface area (Å²) in [4.78, 5) is 2.53. The molecule has 1 aromatic carbocycles. The van der Waals surface area contributed by atoms with Crippen molar-refractivity contribution in [3.8, 4) is 11.6 Å². The molecule has 140 valence electrons. The van der Waals surface area contributed by atoms with Gasteiger partial charge in [0.2, 0.25) is 5.89 Å². The number of likely N-dealkylation sites (tertiary alicyclic amines) is 1. The molecule has 0 spiro atoms. The first kappa shape index (κ1) is 16.6. The molecule has 0 bridgehead atoms. The number of nitrogens with one attached hydrogen (secondary N) is 1. The Bertz CT molecular complexity index is 929. The van der Waals surface area contributed by atoms with Crippen LogP contribution in [0.25, 0.3) is 22.4 Å². The molecule has 1 saturated heterocycles. The van der Waals surface area contributed by atoms with Gasteiger partial charge >= 0.3 is 0 Å². The third-order valence-corrected chi connectivity index (χ3v) is 5.40. The van der Waals surface area contributed by atoms with Gasteiger partial charge in [0.15, 0.2) is 11.5 Å². The highest BCUT2D eigenvalue weighted by Gasteiger charge is 2.30. The van der Waals surface area contributed by atoms with E-state index in [0.717, 1.165) is 54.8 Å². The van der Waals surface area contributed by atoms with Crippen LogP contribution in [-0.2, 0) is 0 Å². The van der Waals surface area contributed by atoms with Gasteiger partial charge in [-0.15, -0.1) is 20.4 Å². The summed E-state index contributed by atoms with van der Waals surface area (Å²) in [6.07, 6.45) is 6.04. The van der Waals surface area contributed by atoms with E-state index in [4.69, 9.17) is 4.42 Å². The minimum absolute atomic E-state index is 0.432. The lowest BCUT2D eigenvalue weighted by molar-refractivity contribution is 0.337. The minimum atomic E-state index is 0.432. The lowest BCUT2D eigenvalue weighted by Crippen LogP contribution is -2.22. The molecule has 3 heterocycles. The molecule has 2 aliphatic rings. The quantitative estimate of drug-likeness (QED) is 0.643. The molecule has 1 N–H and O–H groups in total. The molecule has 2 aromatic heterocycles. The van der Waals surface area contributed by atoms with Crippen molar-refractivity contribution in [3.05, 3.63) is 30.2 Å². The van der Waals surface area contributed by atoms with Gasteiger partial charge < -0.3 is 14.6 Å². The van der Waals surface area contributed by atoms with Crippen LogP contribution in [-0.4, -0.2) is 51.5 Å². The first-order valence-electron chi connectivity index (χ1n) is 9.94. The van der Waals surface area contributed by atoms with Crippen LogP contribution in [0.3, 0.4) is 0 Å². The zero-order valence-electron chi connectivity index (χ0n) is 15.4. The van der Waals surface area contributed by atoms with Gasteiger partial charge in [0.05, 0.1) is 0 Å². The van der Waals surface area contributed by atoms with E-state index in [1.54, 1.807) is 0 Å². The summed E-state index contributed by atoms with van der Waals surface area (Å²) in [7, 11) is 0. The molecule has 0 amide bonds. The molecule has 0 unspecified atom stereocenters. The Hall–Kier alpha value is -2.54. The fourth-order valence-electron chi connectivity index (χ4n) is 3.73. The molecular weight excluding hydrogens is 340 g/mol. The van der Waals surface area contributed by atoms with Crippen LogP contribution in [0.5, 0.6) is 0 Å². The summed E-state index contributed by atoms with van der Waals surface area (Å²) in [6, 6.07) is 8.12. The van der Waals surface area contributed by atoms with Crippen LogP contribution < -0.4 is 5.32 Å². The highest BCUT2D eigenvalue weighted by atomic mass is 16.4. The average molecular weight is 364 g/mol. The van der Waals surface area contributed by atoms with Crippen LogP contribution in [0.2, 0.25) is 0 Å². The second-order valence-corrected chi connectivity index (χ2v) is 7.49. The summed E-state index contributed by atoms with van der Waals surface area (Å²) in [5.74, 6) is 2.43. The van der Waals surface area contributed by atoms with Crippen molar-refractivity contribution in [2.45, 2.75) is 38.0 Å². The molecule has 7 nitrogen and oxygen atoms in total. The van der Waals surface area contributed by atoms with Crippen molar-refractivity contribution in [1.29, 1.82) is 0 Å². The number of nitrogens with zero attached hydrogens (tertiary/aromatic N) is 5. The Morgan fingerprint density at radius 1 is 1.00 bits per heavy atom. The van der Waals surface area contributed by atoms with Crippen molar-refractivity contribution in [2.24, 2.45) is 0 Å².